The van der Waals surface area contributed by atoms with Gasteiger partial charge in [0.2, 0.25) is 0 Å². The van der Waals surface area contributed by atoms with Gasteiger partial charge in [0.25, 0.3) is 0 Å². The van der Waals surface area contributed by atoms with Crippen molar-refractivity contribution in [2.45, 2.75) is 19.9 Å². The van der Waals surface area contributed by atoms with E-state index < -0.39 is 6.09 Å². The van der Waals surface area contributed by atoms with E-state index in [0.717, 1.165) is 11.4 Å². The number of aromatic nitrogens is 1. The van der Waals surface area contributed by atoms with E-state index in [1.807, 2.05) is 0 Å². The predicted molar refractivity (Wildman–Crippen MR) is 56.8 cm³/mol. The van der Waals surface area contributed by atoms with Gasteiger partial charge >= 0.3 is 6.09 Å². The van der Waals surface area contributed by atoms with Crippen molar-refractivity contribution >= 4 is 17.4 Å². The van der Waals surface area contributed by atoms with Gasteiger partial charge in [-0.3, -0.25) is 0 Å². The molecular weight excluding hydrogens is 216 g/mol. The van der Waals surface area contributed by atoms with Crippen molar-refractivity contribution in [1.29, 1.82) is 0 Å². The third-order valence-corrected chi connectivity index (χ3v) is 2.80. The third-order valence-electron chi connectivity index (χ3n) is 1.66. The third kappa shape index (κ3) is 4.26. The highest BCUT2D eigenvalue weighted by molar-refractivity contribution is 7.11. The van der Waals surface area contributed by atoms with E-state index in [-0.39, 0.29) is 13.2 Å². The maximum absolute atomic E-state index is 11.0. The molecule has 2 N–H and O–H groups in total. The van der Waals surface area contributed by atoms with Crippen LogP contribution in [0.5, 0.6) is 0 Å². The van der Waals surface area contributed by atoms with Crippen LogP contribution in [-0.2, 0) is 17.7 Å². The van der Waals surface area contributed by atoms with Crippen LogP contribution < -0.4 is 5.32 Å². The second-order valence-electron chi connectivity index (χ2n) is 2.79. The Labute approximate surface area is 92.1 Å². The topological polar surface area (TPSA) is 71.5 Å². The molecule has 1 heterocycles. The minimum Gasteiger partial charge on any atom is -0.447 e. The number of thiazole rings is 1. The van der Waals surface area contributed by atoms with Crippen molar-refractivity contribution in [1.82, 2.24) is 10.3 Å². The normalized spacial score (nSPS) is 10.0. The molecule has 0 bridgehead atoms. The zero-order valence-corrected chi connectivity index (χ0v) is 9.34. The fourth-order valence-electron chi connectivity index (χ4n) is 0.930. The maximum Gasteiger partial charge on any atom is 0.407 e. The van der Waals surface area contributed by atoms with Crippen LogP contribution in [0.3, 0.4) is 0 Å². The number of aliphatic hydroxyl groups is 1. The van der Waals surface area contributed by atoms with Crippen molar-refractivity contribution < 1.29 is 14.6 Å². The Morgan fingerprint density at radius 1 is 1.73 bits per heavy atom. The number of nitrogens with one attached hydrogen (secondary N) is 1. The van der Waals surface area contributed by atoms with E-state index >= 15 is 0 Å². The number of carbonyl (C=O) groups is 1. The number of carbonyl (C=O) groups excluding carboxylic acids is 1. The SMILES string of the molecule is CCc1cnc(CNC(=O)OCCO)s1. The number of aryl methyl sites for hydroxylation is 1. The lowest BCUT2D eigenvalue weighted by Gasteiger charge is -2.03. The fourth-order valence-corrected chi connectivity index (χ4v) is 1.73. The van der Waals surface area contributed by atoms with Crippen LogP contribution in [0.1, 0.15) is 16.8 Å². The zero-order chi connectivity index (χ0) is 11.1. The molecule has 0 spiro atoms. The molecule has 0 saturated heterocycles. The average molecular weight is 230 g/mol. The summed E-state index contributed by atoms with van der Waals surface area (Å²) in [5.41, 5.74) is 0. The Kier molecular flexibility index (Phi) is 5.06. The predicted octanol–water partition coefficient (Wildman–Crippen LogP) is 0.924. The van der Waals surface area contributed by atoms with Gasteiger partial charge < -0.3 is 15.2 Å². The highest BCUT2D eigenvalue weighted by atomic mass is 32.1. The Morgan fingerprint density at radius 2 is 2.53 bits per heavy atom. The van der Waals surface area contributed by atoms with Crippen molar-refractivity contribution in [3.05, 3.63) is 16.1 Å². The smallest absolute Gasteiger partial charge is 0.407 e. The average Bonchev–Trinajstić information content (AvgIpc) is 2.71. The molecule has 5 nitrogen and oxygen atoms in total. The summed E-state index contributed by atoms with van der Waals surface area (Å²) in [5.74, 6) is 0. The molecule has 1 aromatic heterocycles. The van der Waals surface area contributed by atoms with Crippen molar-refractivity contribution in [3.63, 3.8) is 0 Å². The van der Waals surface area contributed by atoms with Crippen LogP contribution in [0.2, 0.25) is 0 Å². The molecule has 0 aliphatic heterocycles. The number of rotatable bonds is 5. The van der Waals surface area contributed by atoms with Crippen LogP contribution in [0.25, 0.3) is 0 Å². The van der Waals surface area contributed by atoms with Gasteiger partial charge in [0.1, 0.15) is 11.6 Å². The number of hydrogen-bond donors (Lipinski definition) is 2. The number of alkyl carbamates (subject to hydrolysis) is 1. The lowest BCUT2D eigenvalue weighted by molar-refractivity contribution is 0.119. The first-order valence-electron chi connectivity index (χ1n) is 4.71. The Balaban J connectivity index is 2.27. The molecule has 0 atom stereocenters. The first-order valence-corrected chi connectivity index (χ1v) is 5.53. The zero-order valence-electron chi connectivity index (χ0n) is 8.52. The Hall–Kier alpha value is -1.14. The van der Waals surface area contributed by atoms with Gasteiger partial charge in [0.05, 0.1) is 13.2 Å². The number of aliphatic hydroxyl groups excluding tert-OH is 1. The minimum absolute atomic E-state index is 0.0178. The largest absolute Gasteiger partial charge is 0.447 e. The second kappa shape index (κ2) is 6.36. The molecule has 0 fully saturated rings. The van der Waals surface area contributed by atoms with Gasteiger partial charge in [-0.15, -0.1) is 11.3 Å². The first kappa shape index (κ1) is 11.9. The monoisotopic (exact) mass is 230 g/mol. The summed E-state index contributed by atoms with van der Waals surface area (Å²) in [6, 6.07) is 0. The van der Waals surface area contributed by atoms with E-state index in [1.165, 1.54) is 4.88 Å². The second-order valence-corrected chi connectivity index (χ2v) is 3.99. The van der Waals surface area contributed by atoms with Gasteiger partial charge in [0, 0.05) is 11.1 Å². The number of amides is 1. The molecule has 0 unspecified atom stereocenters. The van der Waals surface area contributed by atoms with Crippen molar-refractivity contribution in [3.8, 4) is 0 Å². The van der Waals surface area contributed by atoms with Crippen molar-refractivity contribution in [2.75, 3.05) is 13.2 Å². The summed E-state index contributed by atoms with van der Waals surface area (Å²) >= 11 is 1.57. The summed E-state index contributed by atoms with van der Waals surface area (Å²) in [4.78, 5) is 16.3. The van der Waals surface area contributed by atoms with Crippen LogP contribution in [0.4, 0.5) is 4.79 Å². The van der Waals surface area contributed by atoms with Crippen LogP contribution >= 0.6 is 11.3 Å². The van der Waals surface area contributed by atoms with E-state index in [0.29, 0.717) is 6.54 Å². The molecule has 0 aliphatic carbocycles. The van der Waals surface area contributed by atoms with E-state index in [2.05, 4.69) is 22.0 Å². The summed E-state index contributed by atoms with van der Waals surface area (Å²) in [5, 5.41) is 11.8. The molecule has 15 heavy (non-hydrogen) atoms. The molecule has 0 radical (unpaired) electrons. The van der Waals surface area contributed by atoms with Crippen LogP contribution in [0, 0.1) is 0 Å². The van der Waals surface area contributed by atoms with Gasteiger partial charge in [0.15, 0.2) is 0 Å². The minimum atomic E-state index is -0.530. The molecule has 1 aromatic rings. The molecule has 1 amide bonds. The quantitative estimate of drug-likeness (QED) is 0.789. The van der Waals surface area contributed by atoms with E-state index in [1.54, 1.807) is 17.5 Å². The molecule has 0 aliphatic rings. The molecule has 1 rings (SSSR count). The van der Waals surface area contributed by atoms with Gasteiger partial charge in [-0.2, -0.15) is 0 Å². The maximum atomic E-state index is 11.0. The molecular formula is C9H14N2O3S. The van der Waals surface area contributed by atoms with E-state index in [4.69, 9.17) is 5.11 Å². The summed E-state index contributed by atoms with van der Waals surface area (Å²) < 4.78 is 4.62. The van der Waals surface area contributed by atoms with Crippen molar-refractivity contribution in [2.24, 2.45) is 0 Å². The van der Waals surface area contributed by atoms with Gasteiger partial charge in [-0.1, -0.05) is 6.92 Å². The number of ether oxygens (including phenoxy) is 1. The van der Waals surface area contributed by atoms with Crippen LogP contribution in [0.15, 0.2) is 6.20 Å². The standard InChI is InChI=1S/C9H14N2O3S/c1-2-7-5-10-8(15-7)6-11-9(13)14-4-3-12/h5,12H,2-4,6H2,1H3,(H,11,13). The highest BCUT2D eigenvalue weighted by Gasteiger charge is 2.04. The number of nitrogens with zero attached hydrogens (tertiary/aromatic N) is 1. The lowest BCUT2D eigenvalue weighted by Crippen LogP contribution is -2.24. The summed E-state index contributed by atoms with van der Waals surface area (Å²) in [6.45, 7) is 2.28. The Bertz CT molecular complexity index is 314. The van der Waals surface area contributed by atoms with E-state index in [9.17, 15) is 4.79 Å². The Morgan fingerprint density at radius 3 is 3.13 bits per heavy atom. The first-order chi connectivity index (χ1) is 7.26. The van der Waals surface area contributed by atoms with Gasteiger partial charge in [-0.25, -0.2) is 9.78 Å². The van der Waals surface area contributed by atoms with Crippen LogP contribution in [-0.4, -0.2) is 29.4 Å². The molecule has 84 valence electrons. The number of hydrogen-bond acceptors (Lipinski definition) is 5. The highest BCUT2D eigenvalue weighted by Crippen LogP contribution is 2.12. The molecule has 0 aromatic carbocycles. The summed E-state index contributed by atoms with van der Waals surface area (Å²) in [6.07, 6.45) is 2.23. The van der Waals surface area contributed by atoms with Gasteiger partial charge in [-0.05, 0) is 6.42 Å². The fraction of sp³-hybridized carbons (Fsp3) is 0.556. The summed E-state index contributed by atoms with van der Waals surface area (Å²) in [7, 11) is 0. The molecule has 0 saturated carbocycles. The molecule has 6 heteroatoms. The lowest BCUT2D eigenvalue weighted by atomic mass is 10.4.